The highest BCUT2D eigenvalue weighted by Crippen LogP contribution is 2.06. The topological polar surface area (TPSA) is 85.9 Å². The van der Waals surface area contributed by atoms with Crippen LogP contribution >= 0.6 is 0 Å². The van der Waals surface area contributed by atoms with E-state index in [0.29, 0.717) is 13.2 Å². The number of ether oxygens (including phenoxy) is 1. The van der Waals surface area contributed by atoms with Gasteiger partial charge in [0.25, 0.3) is 5.91 Å². The second-order valence-electron chi connectivity index (χ2n) is 4.33. The third-order valence-corrected chi connectivity index (χ3v) is 2.89. The Hall–Kier alpha value is -2.08. The summed E-state index contributed by atoms with van der Waals surface area (Å²) in [5.74, 6) is 0.411. The van der Waals surface area contributed by atoms with Crippen LogP contribution in [0.4, 0.5) is 4.79 Å². The minimum atomic E-state index is -0.829. The van der Waals surface area contributed by atoms with Gasteiger partial charge in [0.1, 0.15) is 18.9 Å². The van der Waals surface area contributed by atoms with Crippen molar-refractivity contribution in [3.63, 3.8) is 0 Å². The summed E-state index contributed by atoms with van der Waals surface area (Å²) in [6, 6.07) is 8.26. The van der Waals surface area contributed by atoms with Gasteiger partial charge in [0, 0.05) is 0 Å². The number of hydrogen-bond acceptors (Lipinski definition) is 3. The summed E-state index contributed by atoms with van der Waals surface area (Å²) >= 11 is 0. The molecule has 6 nitrogen and oxygen atoms in total. The second kappa shape index (κ2) is 7.38. The molecule has 0 spiro atoms. The highest BCUT2D eigenvalue weighted by atomic mass is 16.5. The number of primary amides is 1. The Kier molecular flexibility index (Phi) is 5.81. The minimum absolute atomic E-state index is 0.369. The number of nitrogens with two attached hydrogens (primary N) is 1. The third kappa shape index (κ3) is 5.39. The summed E-state index contributed by atoms with van der Waals surface area (Å²) in [7, 11) is 1.86. The molecule has 0 radical (unpaired) electrons. The van der Waals surface area contributed by atoms with Crippen molar-refractivity contribution in [1.29, 1.82) is 0 Å². The molecule has 0 saturated carbocycles. The van der Waals surface area contributed by atoms with Crippen molar-refractivity contribution in [3.05, 3.63) is 30.3 Å². The van der Waals surface area contributed by atoms with Crippen molar-refractivity contribution in [2.75, 3.05) is 20.2 Å². The van der Waals surface area contributed by atoms with Crippen LogP contribution in [-0.2, 0) is 4.79 Å². The molecule has 1 rings (SSSR count). The van der Waals surface area contributed by atoms with Gasteiger partial charge < -0.3 is 15.4 Å². The Morgan fingerprint density at radius 2 is 2.00 bits per heavy atom. The first-order chi connectivity index (χ1) is 9.00. The van der Waals surface area contributed by atoms with Crippen LogP contribution in [0.2, 0.25) is 0 Å². The number of carbonyl (C=O) groups excluding carboxylic acids is 2. The van der Waals surface area contributed by atoms with Crippen molar-refractivity contribution in [2.45, 2.75) is 13.0 Å². The van der Waals surface area contributed by atoms with E-state index < -0.39 is 6.03 Å². The van der Waals surface area contributed by atoms with Crippen LogP contribution in [0.15, 0.2) is 30.3 Å². The first-order valence-corrected chi connectivity index (χ1v) is 6.11. The van der Waals surface area contributed by atoms with Crippen LogP contribution in [0.1, 0.15) is 6.92 Å². The van der Waals surface area contributed by atoms with Crippen molar-refractivity contribution >= 4 is 11.9 Å². The van der Waals surface area contributed by atoms with E-state index >= 15 is 0 Å². The number of carbonyl (C=O) groups is 2. The highest BCUT2D eigenvalue weighted by molar-refractivity contribution is 5.95. The van der Waals surface area contributed by atoms with E-state index in [1.807, 2.05) is 37.4 Å². The van der Waals surface area contributed by atoms with Gasteiger partial charge in [-0.15, -0.1) is 0 Å². The zero-order valence-corrected chi connectivity index (χ0v) is 11.2. The number of urea groups is 1. The van der Waals surface area contributed by atoms with E-state index in [-0.39, 0.29) is 11.9 Å². The zero-order chi connectivity index (χ0) is 14.3. The lowest BCUT2D eigenvalue weighted by Crippen LogP contribution is -3.14. The monoisotopic (exact) mass is 266 g/mol. The number of hydrogen-bond donors (Lipinski definition) is 3. The quantitative estimate of drug-likeness (QED) is 0.628. The SMILES string of the molecule is C[C@@H](C(=O)NC(N)=O)[NH+](C)CCOc1ccccc1. The molecule has 1 aromatic rings. The van der Waals surface area contributed by atoms with Crippen LogP contribution in [-0.4, -0.2) is 38.2 Å². The smallest absolute Gasteiger partial charge is 0.319 e. The fraction of sp³-hybridized carbons (Fsp3) is 0.385. The van der Waals surface area contributed by atoms with Gasteiger partial charge >= 0.3 is 6.03 Å². The molecule has 0 aromatic heterocycles. The Labute approximate surface area is 112 Å². The molecule has 0 aliphatic heterocycles. The summed E-state index contributed by atoms with van der Waals surface area (Å²) < 4.78 is 5.54. The lowest BCUT2D eigenvalue weighted by Gasteiger charge is -2.20. The normalized spacial score (nSPS) is 13.4. The lowest BCUT2D eigenvalue weighted by atomic mass is 10.3. The second-order valence-corrected chi connectivity index (χ2v) is 4.33. The van der Waals surface area contributed by atoms with E-state index in [9.17, 15) is 9.59 Å². The van der Waals surface area contributed by atoms with Gasteiger partial charge in [-0.2, -0.15) is 0 Å². The largest absolute Gasteiger partial charge is 0.488 e. The summed E-state index contributed by atoms with van der Waals surface area (Å²) in [5, 5.41) is 2.07. The minimum Gasteiger partial charge on any atom is -0.488 e. The summed E-state index contributed by atoms with van der Waals surface area (Å²) in [6.07, 6.45) is 0. The molecular formula is C13H20N3O3+. The Bertz CT molecular complexity index is 422. The van der Waals surface area contributed by atoms with E-state index in [1.165, 1.54) is 0 Å². The lowest BCUT2D eigenvalue weighted by molar-refractivity contribution is -0.894. The maximum absolute atomic E-state index is 11.6. The molecule has 104 valence electrons. The molecule has 4 N–H and O–H groups in total. The fourth-order valence-corrected chi connectivity index (χ4v) is 1.52. The average molecular weight is 266 g/mol. The zero-order valence-electron chi connectivity index (χ0n) is 11.2. The third-order valence-electron chi connectivity index (χ3n) is 2.89. The molecule has 1 unspecified atom stereocenters. The fourth-order valence-electron chi connectivity index (χ4n) is 1.52. The number of benzene rings is 1. The maximum Gasteiger partial charge on any atom is 0.319 e. The first kappa shape index (κ1) is 15.0. The van der Waals surface area contributed by atoms with Crippen molar-refractivity contribution in [1.82, 2.24) is 5.32 Å². The maximum atomic E-state index is 11.6. The van der Waals surface area contributed by atoms with Gasteiger partial charge in [-0.1, -0.05) is 18.2 Å². The van der Waals surface area contributed by atoms with Gasteiger partial charge in [-0.05, 0) is 19.1 Å². The summed E-state index contributed by atoms with van der Waals surface area (Å²) in [6.45, 7) is 2.86. The average Bonchev–Trinajstić information content (AvgIpc) is 2.38. The molecule has 1 aromatic carbocycles. The van der Waals surface area contributed by atoms with E-state index in [4.69, 9.17) is 10.5 Å². The highest BCUT2D eigenvalue weighted by Gasteiger charge is 2.22. The van der Waals surface area contributed by atoms with Crippen molar-refractivity contribution in [2.24, 2.45) is 5.73 Å². The van der Waals surface area contributed by atoms with E-state index in [0.717, 1.165) is 10.6 Å². The Balaban J connectivity index is 2.32. The number of quaternary nitrogens is 1. The van der Waals surface area contributed by atoms with Gasteiger partial charge in [0.05, 0.1) is 7.05 Å². The summed E-state index contributed by atoms with van der Waals surface area (Å²) in [4.78, 5) is 23.1. The van der Waals surface area contributed by atoms with Crippen molar-refractivity contribution in [3.8, 4) is 5.75 Å². The van der Waals surface area contributed by atoms with Crippen molar-refractivity contribution < 1.29 is 19.2 Å². The van der Waals surface area contributed by atoms with E-state index in [1.54, 1.807) is 6.92 Å². The molecule has 19 heavy (non-hydrogen) atoms. The Morgan fingerprint density at radius 1 is 1.37 bits per heavy atom. The number of likely N-dealkylation sites (N-methyl/N-ethyl adjacent to an activating group) is 1. The summed E-state index contributed by atoms with van der Waals surface area (Å²) in [5.41, 5.74) is 4.90. The molecule has 2 atom stereocenters. The molecule has 0 aliphatic carbocycles. The molecular weight excluding hydrogens is 246 g/mol. The standard InChI is InChI=1S/C13H19N3O3/c1-10(12(17)15-13(14)18)16(2)8-9-19-11-6-4-3-5-7-11/h3-7,10H,8-9H2,1-2H3,(H3,14,15,17,18)/p+1/t10-/m0/s1. The van der Waals surface area contributed by atoms with E-state index in [2.05, 4.69) is 5.32 Å². The number of para-hydroxylation sites is 1. The number of rotatable bonds is 6. The van der Waals surface area contributed by atoms with Gasteiger partial charge in [-0.3, -0.25) is 10.1 Å². The number of imide groups is 1. The molecule has 0 fully saturated rings. The van der Waals surface area contributed by atoms with Crippen LogP contribution in [0.25, 0.3) is 0 Å². The number of amides is 3. The van der Waals surface area contributed by atoms with Crippen LogP contribution in [0.3, 0.4) is 0 Å². The number of nitrogens with one attached hydrogen (secondary N) is 2. The predicted molar refractivity (Wildman–Crippen MR) is 70.9 cm³/mol. The van der Waals surface area contributed by atoms with Gasteiger partial charge in [0.15, 0.2) is 6.04 Å². The molecule has 0 bridgehead atoms. The van der Waals surface area contributed by atoms with Gasteiger partial charge in [-0.25, -0.2) is 4.79 Å². The van der Waals surface area contributed by atoms with Crippen LogP contribution < -0.4 is 20.7 Å². The molecule has 6 heteroatoms. The molecule has 0 heterocycles. The van der Waals surface area contributed by atoms with Crippen LogP contribution in [0.5, 0.6) is 5.75 Å². The Morgan fingerprint density at radius 3 is 2.58 bits per heavy atom. The van der Waals surface area contributed by atoms with Gasteiger partial charge in [0.2, 0.25) is 0 Å². The van der Waals surface area contributed by atoms with Crippen LogP contribution in [0, 0.1) is 0 Å². The molecule has 0 saturated heterocycles. The molecule has 3 amide bonds. The molecule has 0 aliphatic rings. The first-order valence-electron chi connectivity index (χ1n) is 6.11. The predicted octanol–water partition coefficient (Wildman–Crippen LogP) is -0.836.